The summed E-state index contributed by atoms with van der Waals surface area (Å²) in [6.45, 7) is 1.54. The van der Waals surface area contributed by atoms with Crippen molar-refractivity contribution in [2.24, 2.45) is 5.92 Å². The average Bonchev–Trinajstić information content (AvgIpc) is 3.34. The number of H-pyrrole nitrogens is 1. The summed E-state index contributed by atoms with van der Waals surface area (Å²) in [6, 6.07) is 9.70. The van der Waals surface area contributed by atoms with Crippen molar-refractivity contribution in [1.82, 2.24) is 30.5 Å². The van der Waals surface area contributed by atoms with Gasteiger partial charge in [0, 0.05) is 31.9 Å². The fourth-order valence-electron chi connectivity index (χ4n) is 4.46. The van der Waals surface area contributed by atoms with E-state index in [9.17, 15) is 9.59 Å². The van der Waals surface area contributed by atoms with Crippen LogP contribution >= 0.6 is 0 Å². The van der Waals surface area contributed by atoms with Crippen LogP contribution in [0.5, 0.6) is 5.88 Å². The molecule has 4 rings (SSSR count). The summed E-state index contributed by atoms with van der Waals surface area (Å²) in [7, 11) is 5.27. The molecule has 1 aliphatic rings. The topological polar surface area (TPSA) is 112 Å². The molecule has 0 spiro atoms. The number of aromatic amines is 1. The van der Waals surface area contributed by atoms with Gasteiger partial charge in [-0.3, -0.25) is 9.59 Å². The number of aromatic nitrogens is 3. The lowest BCUT2D eigenvalue weighted by molar-refractivity contribution is -0.130. The molecule has 186 valence electrons. The Balaban J connectivity index is 1.51. The van der Waals surface area contributed by atoms with Crippen LogP contribution in [0.15, 0.2) is 36.5 Å². The summed E-state index contributed by atoms with van der Waals surface area (Å²) < 4.78 is 5.56. The van der Waals surface area contributed by atoms with Gasteiger partial charge in [0.1, 0.15) is 5.82 Å². The molecule has 3 heterocycles. The normalized spacial score (nSPS) is 14.9. The average molecular weight is 479 g/mol. The number of nitrogens with zero attached hydrogens (tertiary/aromatic N) is 3. The van der Waals surface area contributed by atoms with E-state index in [-0.39, 0.29) is 23.8 Å². The number of ether oxygens (including phenoxy) is 1. The molecule has 35 heavy (non-hydrogen) atoms. The Morgan fingerprint density at radius 3 is 2.77 bits per heavy atom. The predicted molar refractivity (Wildman–Crippen MR) is 135 cm³/mol. The van der Waals surface area contributed by atoms with Crippen molar-refractivity contribution in [3.05, 3.63) is 42.4 Å². The van der Waals surface area contributed by atoms with Crippen LogP contribution in [0.1, 0.15) is 44.0 Å². The van der Waals surface area contributed by atoms with Gasteiger partial charge in [-0.1, -0.05) is 31.0 Å². The minimum Gasteiger partial charge on any atom is -0.480 e. The number of para-hydroxylation sites is 1. The zero-order valence-electron chi connectivity index (χ0n) is 20.6. The lowest BCUT2D eigenvalue weighted by Crippen LogP contribution is -2.52. The van der Waals surface area contributed by atoms with E-state index in [4.69, 9.17) is 4.74 Å². The molecule has 1 aromatic carbocycles. The number of rotatable bonds is 11. The number of carbonyl (C=O) groups is 2. The summed E-state index contributed by atoms with van der Waals surface area (Å²) in [4.78, 5) is 39.1. The molecule has 1 fully saturated rings. The third-order valence-electron chi connectivity index (χ3n) is 6.52. The van der Waals surface area contributed by atoms with E-state index in [2.05, 4.69) is 30.5 Å². The summed E-state index contributed by atoms with van der Waals surface area (Å²) >= 11 is 0. The molecule has 9 nitrogen and oxygen atoms in total. The van der Waals surface area contributed by atoms with Crippen molar-refractivity contribution in [1.29, 1.82) is 0 Å². The van der Waals surface area contributed by atoms with Crippen LogP contribution in [0.2, 0.25) is 0 Å². The van der Waals surface area contributed by atoms with E-state index in [1.807, 2.05) is 37.4 Å². The van der Waals surface area contributed by atoms with Gasteiger partial charge in [0.2, 0.25) is 17.7 Å². The molecule has 1 aliphatic heterocycles. The fourth-order valence-corrected chi connectivity index (χ4v) is 4.46. The summed E-state index contributed by atoms with van der Waals surface area (Å²) in [5.41, 5.74) is 2.47. The Labute approximate surface area is 205 Å². The zero-order chi connectivity index (χ0) is 24.8. The van der Waals surface area contributed by atoms with Crippen molar-refractivity contribution in [2.45, 2.75) is 38.1 Å². The van der Waals surface area contributed by atoms with Crippen molar-refractivity contribution in [3.63, 3.8) is 0 Å². The minimum atomic E-state index is -0.235. The summed E-state index contributed by atoms with van der Waals surface area (Å²) in [5, 5.41) is 6.87. The lowest BCUT2D eigenvalue weighted by Gasteiger charge is -2.35. The minimum absolute atomic E-state index is 0.00923. The molecule has 0 bridgehead atoms. The first-order valence-electron chi connectivity index (χ1n) is 12.2. The molecule has 1 saturated heterocycles. The van der Waals surface area contributed by atoms with Gasteiger partial charge in [-0.05, 0) is 32.0 Å². The van der Waals surface area contributed by atoms with Gasteiger partial charge in [-0.15, -0.1) is 0 Å². The number of hydrogen-bond acceptors (Lipinski definition) is 6. The largest absolute Gasteiger partial charge is 0.480 e. The van der Waals surface area contributed by atoms with E-state index in [1.165, 1.54) is 0 Å². The van der Waals surface area contributed by atoms with Gasteiger partial charge >= 0.3 is 0 Å². The quantitative estimate of drug-likeness (QED) is 0.365. The molecule has 1 atom stereocenters. The number of benzene rings is 1. The van der Waals surface area contributed by atoms with Crippen LogP contribution in [-0.4, -0.2) is 66.0 Å². The number of amides is 2. The van der Waals surface area contributed by atoms with Gasteiger partial charge in [-0.25, -0.2) is 9.97 Å². The predicted octanol–water partition coefficient (Wildman–Crippen LogP) is 3.05. The number of nitrogens with one attached hydrogen (secondary N) is 3. The Bertz CT molecular complexity index is 1170. The third-order valence-corrected chi connectivity index (χ3v) is 6.52. The van der Waals surface area contributed by atoms with Gasteiger partial charge in [-0.2, -0.15) is 0 Å². The van der Waals surface area contributed by atoms with Crippen LogP contribution in [0.4, 0.5) is 0 Å². The molecule has 9 heteroatoms. The number of unbranched alkanes of at least 4 members (excludes halogenated alkanes) is 2. The highest BCUT2D eigenvalue weighted by Crippen LogP contribution is 2.31. The highest BCUT2D eigenvalue weighted by atomic mass is 16.5. The second-order valence-electron chi connectivity index (χ2n) is 9.17. The van der Waals surface area contributed by atoms with Crippen molar-refractivity contribution < 1.29 is 14.3 Å². The highest BCUT2D eigenvalue weighted by Gasteiger charge is 2.32. The molecule has 3 N–H and O–H groups in total. The SMILES string of the molecule is CNC(=O)CCCCC[C@H](NC(=O)C1CN(C)C1)c1ncc(-c2cc3ccccc3nc2OC)[nH]1. The Kier molecular flexibility index (Phi) is 7.97. The van der Waals surface area contributed by atoms with E-state index in [0.29, 0.717) is 18.1 Å². The number of imidazole rings is 1. The fraction of sp³-hybridized carbons (Fsp3) is 0.462. The smallest absolute Gasteiger partial charge is 0.226 e. The highest BCUT2D eigenvalue weighted by molar-refractivity contribution is 5.85. The maximum Gasteiger partial charge on any atom is 0.226 e. The maximum atomic E-state index is 12.8. The number of pyridine rings is 1. The number of fused-ring (bicyclic) bond motifs is 1. The monoisotopic (exact) mass is 478 g/mol. The second kappa shape index (κ2) is 11.3. The van der Waals surface area contributed by atoms with Crippen molar-refractivity contribution >= 4 is 22.7 Å². The van der Waals surface area contributed by atoms with E-state index in [0.717, 1.165) is 60.9 Å². The van der Waals surface area contributed by atoms with Crippen LogP contribution in [0.3, 0.4) is 0 Å². The van der Waals surface area contributed by atoms with Gasteiger partial charge in [0.05, 0.1) is 42.0 Å². The van der Waals surface area contributed by atoms with Crippen LogP contribution < -0.4 is 15.4 Å². The Morgan fingerprint density at radius 2 is 2.03 bits per heavy atom. The van der Waals surface area contributed by atoms with Crippen molar-refractivity contribution in [2.75, 3.05) is 34.3 Å². The lowest BCUT2D eigenvalue weighted by atomic mass is 9.99. The number of carbonyl (C=O) groups excluding carboxylic acids is 2. The molecule has 0 aliphatic carbocycles. The number of methoxy groups -OCH3 is 1. The van der Waals surface area contributed by atoms with Gasteiger partial charge < -0.3 is 25.3 Å². The molecule has 2 aromatic heterocycles. The standard InChI is InChI=1S/C26H34N6O3/c1-27-23(33)12-6-4-5-11-21(30-25(34)18-15-32(2)16-18)24-28-14-22(29-24)19-13-17-9-7-8-10-20(17)31-26(19)35-3/h7-10,13-14,18,21H,4-6,11-12,15-16H2,1-3H3,(H,27,33)(H,28,29)(H,30,34)/t21-/m0/s1. The molecule has 0 radical (unpaired) electrons. The van der Waals surface area contributed by atoms with E-state index < -0.39 is 0 Å². The van der Waals surface area contributed by atoms with Crippen LogP contribution in [-0.2, 0) is 9.59 Å². The summed E-state index contributed by atoms with van der Waals surface area (Å²) in [5.74, 6) is 1.35. The Hall–Kier alpha value is -3.46. The first kappa shape index (κ1) is 24.7. The van der Waals surface area contributed by atoms with Gasteiger partial charge in [0.15, 0.2) is 0 Å². The summed E-state index contributed by atoms with van der Waals surface area (Å²) in [6.07, 6.45) is 5.62. The Morgan fingerprint density at radius 1 is 1.23 bits per heavy atom. The zero-order valence-corrected chi connectivity index (χ0v) is 20.6. The van der Waals surface area contributed by atoms with Crippen LogP contribution in [0.25, 0.3) is 22.2 Å². The first-order valence-corrected chi connectivity index (χ1v) is 12.2. The molecule has 3 aromatic rings. The van der Waals surface area contributed by atoms with E-state index >= 15 is 0 Å². The van der Waals surface area contributed by atoms with Gasteiger partial charge in [0.25, 0.3) is 0 Å². The second-order valence-corrected chi connectivity index (χ2v) is 9.17. The third kappa shape index (κ3) is 5.97. The number of hydrogen-bond donors (Lipinski definition) is 3. The first-order chi connectivity index (χ1) is 17.0. The molecular weight excluding hydrogens is 444 g/mol. The maximum absolute atomic E-state index is 12.8. The molecule has 2 amide bonds. The molecular formula is C26H34N6O3. The number of likely N-dealkylation sites (tertiary alicyclic amines) is 1. The molecule has 0 unspecified atom stereocenters. The van der Waals surface area contributed by atoms with E-state index in [1.54, 1.807) is 20.4 Å². The van der Waals surface area contributed by atoms with Crippen LogP contribution in [0, 0.1) is 5.92 Å². The molecule has 0 saturated carbocycles. The van der Waals surface area contributed by atoms with Crippen molar-refractivity contribution in [3.8, 4) is 17.1 Å².